The lowest BCUT2D eigenvalue weighted by atomic mass is 10.0. The summed E-state index contributed by atoms with van der Waals surface area (Å²) in [6.45, 7) is 3.04. The van der Waals surface area contributed by atoms with E-state index in [1.165, 1.54) is 5.56 Å². The lowest BCUT2D eigenvalue weighted by Crippen LogP contribution is -2.23. The van der Waals surface area contributed by atoms with Crippen LogP contribution in [0.3, 0.4) is 0 Å². The highest BCUT2D eigenvalue weighted by Gasteiger charge is 2.25. The maximum Gasteiger partial charge on any atom is 0.203 e. The quantitative estimate of drug-likeness (QED) is 0.939. The number of hydrogen-bond acceptors (Lipinski definition) is 4. The second-order valence-electron chi connectivity index (χ2n) is 5.16. The normalized spacial score (nSPS) is 17.0. The fourth-order valence-electron chi connectivity index (χ4n) is 2.84. The molecular formula is C16H21N3O2. The van der Waals surface area contributed by atoms with Gasteiger partial charge in [0.05, 0.1) is 26.0 Å². The molecule has 0 spiro atoms. The molecule has 0 fully saturated rings. The highest BCUT2D eigenvalue weighted by Crippen LogP contribution is 2.36. The van der Waals surface area contributed by atoms with Crippen molar-refractivity contribution in [1.82, 2.24) is 9.55 Å². The van der Waals surface area contributed by atoms with Crippen LogP contribution in [0, 0.1) is 0 Å². The number of benzene rings is 1. The third kappa shape index (κ3) is 2.44. The average molecular weight is 287 g/mol. The number of rotatable bonds is 4. The van der Waals surface area contributed by atoms with Crippen molar-refractivity contribution < 1.29 is 9.47 Å². The Labute approximate surface area is 124 Å². The lowest BCUT2D eigenvalue weighted by Gasteiger charge is -2.27. The second kappa shape index (κ2) is 5.68. The number of anilines is 1. The van der Waals surface area contributed by atoms with Crippen LogP contribution >= 0.6 is 0 Å². The summed E-state index contributed by atoms with van der Waals surface area (Å²) in [6.07, 6.45) is 4.08. The summed E-state index contributed by atoms with van der Waals surface area (Å²) in [4.78, 5) is 4.62. The van der Waals surface area contributed by atoms with Crippen molar-refractivity contribution in [2.24, 2.45) is 0 Å². The van der Waals surface area contributed by atoms with E-state index in [1.54, 1.807) is 14.2 Å². The number of fused-ring (bicyclic) bond motifs is 1. The van der Waals surface area contributed by atoms with Gasteiger partial charge in [-0.3, -0.25) is 0 Å². The SMILES string of the molecule is CCc1cn2c(n1)NCCC2c1ccc(OC)cc1OC. The fourth-order valence-corrected chi connectivity index (χ4v) is 2.84. The Bertz CT molecular complexity index is 636. The first kappa shape index (κ1) is 13.8. The van der Waals surface area contributed by atoms with Crippen LogP contribution in [0.2, 0.25) is 0 Å². The van der Waals surface area contributed by atoms with E-state index in [4.69, 9.17) is 9.47 Å². The van der Waals surface area contributed by atoms with Crippen LogP contribution < -0.4 is 14.8 Å². The number of methoxy groups -OCH3 is 2. The number of hydrogen-bond donors (Lipinski definition) is 1. The first-order valence-electron chi connectivity index (χ1n) is 7.30. The van der Waals surface area contributed by atoms with Crippen molar-refractivity contribution in [2.45, 2.75) is 25.8 Å². The summed E-state index contributed by atoms with van der Waals surface area (Å²) in [7, 11) is 3.37. The molecule has 3 rings (SSSR count). The molecular weight excluding hydrogens is 266 g/mol. The van der Waals surface area contributed by atoms with Gasteiger partial charge in [-0.25, -0.2) is 4.98 Å². The maximum atomic E-state index is 5.56. The smallest absolute Gasteiger partial charge is 0.203 e. The third-order valence-corrected chi connectivity index (χ3v) is 3.98. The largest absolute Gasteiger partial charge is 0.497 e. The molecule has 1 aliphatic heterocycles. The van der Waals surface area contributed by atoms with E-state index < -0.39 is 0 Å². The molecule has 1 aromatic heterocycles. The molecule has 0 bridgehead atoms. The van der Waals surface area contributed by atoms with Gasteiger partial charge in [0.15, 0.2) is 0 Å². The molecule has 21 heavy (non-hydrogen) atoms. The van der Waals surface area contributed by atoms with E-state index in [-0.39, 0.29) is 6.04 Å². The second-order valence-corrected chi connectivity index (χ2v) is 5.16. The van der Waals surface area contributed by atoms with Gasteiger partial charge in [0, 0.05) is 24.4 Å². The number of nitrogens with one attached hydrogen (secondary N) is 1. The summed E-state index contributed by atoms with van der Waals surface area (Å²) in [5.41, 5.74) is 2.28. The molecule has 2 aromatic rings. The molecule has 0 amide bonds. The Hall–Kier alpha value is -2.17. The zero-order chi connectivity index (χ0) is 14.8. The predicted octanol–water partition coefficient (Wildman–Crippen LogP) is 2.87. The van der Waals surface area contributed by atoms with Gasteiger partial charge in [-0.2, -0.15) is 0 Å². The van der Waals surface area contributed by atoms with Crippen LogP contribution in [0.4, 0.5) is 5.95 Å². The minimum absolute atomic E-state index is 0.245. The fraction of sp³-hybridized carbons (Fsp3) is 0.438. The summed E-state index contributed by atoms with van der Waals surface area (Å²) < 4.78 is 13.0. The Kier molecular flexibility index (Phi) is 3.73. The monoisotopic (exact) mass is 287 g/mol. The first-order chi connectivity index (χ1) is 10.3. The summed E-state index contributed by atoms with van der Waals surface area (Å²) >= 11 is 0. The standard InChI is InChI=1S/C16H21N3O2/c1-4-11-10-19-14(7-8-17-16(19)18-11)13-6-5-12(20-2)9-15(13)21-3/h5-6,9-10,14H,4,7-8H2,1-3H3,(H,17,18). The summed E-state index contributed by atoms with van der Waals surface area (Å²) in [6, 6.07) is 6.25. The minimum atomic E-state index is 0.245. The number of nitrogens with zero attached hydrogens (tertiary/aromatic N) is 2. The zero-order valence-corrected chi connectivity index (χ0v) is 12.7. The third-order valence-electron chi connectivity index (χ3n) is 3.98. The Morgan fingerprint density at radius 1 is 1.33 bits per heavy atom. The summed E-state index contributed by atoms with van der Waals surface area (Å²) in [5.74, 6) is 2.62. The molecule has 1 aliphatic rings. The molecule has 112 valence electrons. The van der Waals surface area contributed by atoms with Gasteiger partial charge < -0.3 is 19.4 Å². The number of ether oxygens (including phenoxy) is 2. The first-order valence-corrected chi connectivity index (χ1v) is 7.30. The van der Waals surface area contributed by atoms with Crippen LogP contribution in [0.5, 0.6) is 11.5 Å². The van der Waals surface area contributed by atoms with Crippen LogP contribution in [0.15, 0.2) is 24.4 Å². The van der Waals surface area contributed by atoms with E-state index in [2.05, 4.69) is 34.1 Å². The molecule has 1 atom stereocenters. The molecule has 0 saturated heterocycles. The molecule has 0 radical (unpaired) electrons. The molecule has 5 heteroatoms. The van der Waals surface area contributed by atoms with Crippen molar-refractivity contribution in [3.63, 3.8) is 0 Å². The number of aromatic nitrogens is 2. The van der Waals surface area contributed by atoms with Gasteiger partial charge in [0.25, 0.3) is 0 Å². The summed E-state index contributed by atoms with van der Waals surface area (Å²) in [5, 5.41) is 3.36. The number of imidazole rings is 1. The Morgan fingerprint density at radius 2 is 2.19 bits per heavy atom. The molecule has 1 unspecified atom stereocenters. The highest BCUT2D eigenvalue weighted by molar-refractivity contribution is 5.45. The van der Waals surface area contributed by atoms with E-state index >= 15 is 0 Å². The van der Waals surface area contributed by atoms with E-state index in [0.29, 0.717) is 0 Å². The van der Waals surface area contributed by atoms with Crippen LogP contribution in [-0.4, -0.2) is 30.3 Å². The van der Waals surface area contributed by atoms with Crippen LogP contribution in [0.25, 0.3) is 0 Å². The Morgan fingerprint density at radius 3 is 2.90 bits per heavy atom. The topological polar surface area (TPSA) is 48.3 Å². The van der Waals surface area contributed by atoms with E-state index in [0.717, 1.165) is 42.5 Å². The predicted molar refractivity (Wildman–Crippen MR) is 82.4 cm³/mol. The maximum absolute atomic E-state index is 5.56. The van der Waals surface area contributed by atoms with Gasteiger partial charge in [0.2, 0.25) is 5.95 Å². The molecule has 1 N–H and O–H groups in total. The van der Waals surface area contributed by atoms with Crippen molar-refractivity contribution in [1.29, 1.82) is 0 Å². The van der Waals surface area contributed by atoms with Gasteiger partial charge in [-0.05, 0) is 25.0 Å². The van der Waals surface area contributed by atoms with Gasteiger partial charge in [0.1, 0.15) is 11.5 Å². The number of aryl methyl sites for hydroxylation is 1. The van der Waals surface area contributed by atoms with Gasteiger partial charge in [-0.15, -0.1) is 0 Å². The average Bonchev–Trinajstić information content (AvgIpc) is 2.97. The van der Waals surface area contributed by atoms with E-state index in [9.17, 15) is 0 Å². The minimum Gasteiger partial charge on any atom is -0.497 e. The zero-order valence-electron chi connectivity index (χ0n) is 12.7. The van der Waals surface area contributed by atoms with E-state index in [1.807, 2.05) is 12.1 Å². The van der Waals surface area contributed by atoms with Crippen molar-refractivity contribution in [3.05, 3.63) is 35.7 Å². The molecule has 2 heterocycles. The van der Waals surface area contributed by atoms with Gasteiger partial charge in [-0.1, -0.05) is 6.92 Å². The molecule has 0 saturated carbocycles. The molecule has 0 aliphatic carbocycles. The molecule has 1 aromatic carbocycles. The van der Waals surface area contributed by atoms with Crippen molar-refractivity contribution in [3.8, 4) is 11.5 Å². The van der Waals surface area contributed by atoms with Crippen LogP contribution in [0.1, 0.15) is 30.6 Å². The molecule has 5 nitrogen and oxygen atoms in total. The van der Waals surface area contributed by atoms with Crippen molar-refractivity contribution >= 4 is 5.95 Å². The van der Waals surface area contributed by atoms with Crippen LogP contribution in [-0.2, 0) is 6.42 Å². The lowest BCUT2D eigenvalue weighted by molar-refractivity contribution is 0.383. The highest BCUT2D eigenvalue weighted by atomic mass is 16.5. The van der Waals surface area contributed by atoms with Gasteiger partial charge >= 0.3 is 0 Å². The van der Waals surface area contributed by atoms with Crippen molar-refractivity contribution in [2.75, 3.05) is 26.1 Å². The Balaban J connectivity index is 2.04.